The third kappa shape index (κ3) is 4.41. The van der Waals surface area contributed by atoms with Gasteiger partial charge in [0.1, 0.15) is 11.3 Å². The minimum absolute atomic E-state index is 0.118. The van der Waals surface area contributed by atoms with Crippen LogP contribution in [0.1, 0.15) is 36.1 Å². The van der Waals surface area contributed by atoms with E-state index in [0.29, 0.717) is 6.04 Å². The molecule has 0 saturated carbocycles. The summed E-state index contributed by atoms with van der Waals surface area (Å²) in [7, 11) is 1.92. The first-order valence-corrected chi connectivity index (χ1v) is 9.06. The Morgan fingerprint density at radius 2 is 2.00 bits per heavy atom. The summed E-state index contributed by atoms with van der Waals surface area (Å²) in [6, 6.07) is 6.81. The van der Waals surface area contributed by atoms with Crippen molar-refractivity contribution in [2.24, 2.45) is 0 Å². The van der Waals surface area contributed by atoms with Crippen LogP contribution in [-0.2, 0) is 11.3 Å². The number of hydrogen-bond acceptors (Lipinski definition) is 4. The second kappa shape index (κ2) is 7.58. The van der Waals surface area contributed by atoms with E-state index >= 15 is 0 Å². The van der Waals surface area contributed by atoms with Gasteiger partial charge >= 0.3 is 5.97 Å². The van der Waals surface area contributed by atoms with E-state index in [2.05, 4.69) is 36.9 Å². The molecule has 3 rings (SSSR count). The molecule has 0 amide bonds. The highest BCUT2D eigenvalue weighted by atomic mass is 16.4. The van der Waals surface area contributed by atoms with Crippen molar-refractivity contribution in [3.05, 3.63) is 35.1 Å². The van der Waals surface area contributed by atoms with Gasteiger partial charge in [0.15, 0.2) is 0 Å². The molecule has 1 aromatic heterocycles. The van der Waals surface area contributed by atoms with Crippen LogP contribution in [0.4, 0.5) is 0 Å². The highest BCUT2D eigenvalue weighted by molar-refractivity contribution is 5.79. The molecular weight excluding hydrogens is 316 g/mol. The first-order chi connectivity index (χ1) is 11.9. The molecule has 136 valence electrons. The van der Waals surface area contributed by atoms with Gasteiger partial charge in [-0.2, -0.15) is 0 Å². The summed E-state index contributed by atoms with van der Waals surface area (Å²) in [4.78, 5) is 15.3. The number of carbonyl (C=O) groups is 1. The Labute approximate surface area is 149 Å². The van der Waals surface area contributed by atoms with Crippen LogP contribution in [0.3, 0.4) is 0 Å². The van der Waals surface area contributed by atoms with Crippen molar-refractivity contribution < 1.29 is 14.3 Å². The van der Waals surface area contributed by atoms with E-state index in [1.54, 1.807) is 0 Å². The second-order valence-corrected chi connectivity index (χ2v) is 7.36. The van der Waals surface area contributed by atoms with Crippen molar-refractivity contribution in [3.8, 4) is 0 Å². The van der Waals surface area contributed by atoms with Crippen molar-refractivity contribution in [1.29, 1.82) is 0 Å². The van der Waals surface area contributed by atoms with E-state index in [9.17, 15) is 4.79 Å². The molecule has 1 saturated heterocycles. The molecule has 1 atom stereocenters. The van der Waals surface area contributed by atoms with Crippen LogP contribution < -0.4 is 0 Å². The Kier molecular flexibility index (Phi) is 5.45. The summed E-state index contributed by atoms with van der Waals surface area (Å²) >= 11 is 0. The predicted octanol–water partition coefficient (Wildman–Crippen LogP) is 3.42. The summed E-state index contributed by atoms with van der Waals surface area (Å²) < 4.78 is 6.04. The zero-order valence-electron chi connectivity index (χ0n) is 15.4. The molecule has 1 aliphatic heterocycles. The molecular formula is C20H28N2O3. The van der Waals surface area contributed by atoms with Gasteiger partial charge < -0.3 is 9.52 Å². The fourth-order valence-corrected chi connectivity index (χ4v) is 3.74. The zero-order valence-corrected chi connectivity index (χ0v) is 15.4. The predicted molar refractivity (Wildman–Crippen MR) is 98.9 cm³/mol. The van der Waals surface area contributed by atoms with E-state index in [4.69, 9.17) is 9.52 Å². The van der Waals surface area contributed by atoms with Gasteiger partial charge in [0, 0.05) is 18.0 Å². The van der Waals surface area contributed by atoms with Crippen molar-refractivity contribution >= 4 is 16.9 Å². The number of nitrogens with zero attached hydrogens (tertiary/aromatic N) is 2. The van der Waals surface area contributed by atoms with E-state index in [0.717, 1.165) is 50.2 Å². The minimum Gasteiger partial charge on any atom is -0.480 e. The van der Waals surface area contributed by atoms with Gasteiger partial charge in [-0.3, -0.25) is 14.6 Å². The van der Waals surface area contributed by atoms with Gasteiger partial charge in [-0.15, -0.1) is 0 Å². The molecule has 5 nitrogen and oxygen atoms in total. The van der Waals surface area contributed by atoms with Gasteiger partial charge in [0.05, 0.1) is 13.1 Å². The lowest BCUT2D eigenvalue weighted by Gasteiger charge is -2.25. The molecule has 1 unspecified atom stereocenters. The Morgan fingerprint density at radius 1 is 1.24 bits per heavy atom. The Bertz CT molecular complexity index is 714. The third-order valence-electron chi connectivity index (χ3n) is 5.36. The highest BCUT2D eigenvalue weighted by Gasteiger charge is 2.22. The van der Waals surface area contributed by atoms with Gasteiger partial charge in [0.2, 0.25) is 0 Å². The van der Waals surface area contributed by atoms with Gasteiger partial charge in [-0.1, -0.05) is 0 Å². The molecule has 0 aliphatic carbocycles. The van der Waals surface area contributed by atoms with Crippen LogP contribution in [0.25, 0.3) is 11.0 Å². The van der Waals surface area contributed by atoms with E-state index in [-0.39, 0.29) is 6.54 Å². The van der Waals surface area contributed by atoms with E-state index in [1.807, 2.05) is 11.9 Å². The highest BCUT2D eigenvalue weighted by Crippen LogP contribution is 2.25. The molecule has 5 heteroatoms. The second-order valence-electron chi connectivity index (χ2n) is 7.36. The topological polar surface area (TPSA) is 56.9 Å². The smallest absolute Gasteiger partial charge is 0.317 e. The van der Waals surface area contributed by atoms with Crippen molar-refractivity contribution in [1.82, 2.24) is 9.80 Å². The average Bonchev–Trinajstić information content (AvgIpc) is 2.76. The lowest BCUT2D eigenvalue weighted by atomic mass is 10.1. The minimum atomic E-state index is -0.753. The number of likely N-dealkylation sites (N-methyl/N-ethyl adjacent to an activating group) is 1. The Balaban J connectivity index is 1.63. The van der Waals surface area contributed by atoms with Crippen LogP contribution in [-0.4, -0.2) is 53.6 Å². The third-order valence-corrected chi connectivity index (χ3v) is 5.36. The number of likely N-dealkylation sites (tertiary alicyclic amines) is 1. The van der Waals surface area contributed by atoms with Crippen LogP contribution in [0.2, 0.25) is 0 Å². The number of carboxylic acid groups (broad SMARTS) is 1. The largest absolute Gasteiger partial charge is 0.480 e. The van der Waals surface area contributed by atoms with Crippen LogP contribution in [0, 0.1) is 13.8 Å². The SMILES string of the molecule is Cc1cc2cc(CN3CCCC(N(C)CC(=O)O)CC3)oc2cc1C. The zero-order chi connectivity index (χ0) is 18.0. The number of carboxylic acids is 1. The number of aliphatic carboxylic acids is 1. The molecule has 1 fully saturated rings. The van der Waals surface area contributed by atoms with Gasteiger partial charge in [-0.05, 0) is 76.0 Å². The van der Waals surface area contributed by atoms with E-state index in [1.165, 1.54) is 16.5 Å². The number of hydrogen-bond donors (Lipinski definition) is 1. The normalized spacial score (nSPS) is 19.4. The molecule has 25 heavy (non-hydrogen) atoms. The Morgan fingerprint density at radius 3 is 2.76 bits per heavy atom. The van der Waals surface area contributed by atoms with Crippen molar-refractivity contribution in [2.45, 2.75) is 45.7 Å². The summed E-state index contributed by atoms with van der Waals surface area (Å²) in [5.41, 5.74) is 3.51. The number of aryl methyl sites for hydroxylation is 2. The monoisotopic (exact) mass is 344 g/mol. The molecule has 0 radical (unpaired) electrons. The Hall–Kier alpha value is -1.85. The lowest BCUT2D eigenvalue weighted by molar-refractivity contribution is -0.138. The summed E-state index contributed by atoms with van der Waals surface area (Å²) in [5, 5.41) is 10.1. The number of furan rings is 1. The molecule has 1 aliphatic rings. The van der Waals surface area contributed by atoms with Crippen LogP contribution >= 0.6 is 0 Å². The lowest BCUT2D eigenvalue weighted by Crippen LogP contribution is -2.36. The number of fused-ring (bicyclic) bond motifs is 1. The standard InChI is InChI=1S/C20H28N2O3/c1-14-9-16-11-18(25-19(16)10-15(14)2)12-22-7-4-5-17(6-8-22)21(3)13-20(23)24/h9-11,17H,4-8,12-13H2,1-3H3,(H,23,24). The summed E-state index contributed by atoms with van der Waals surface area (Å²) in [5.74, 6) is 0.258. The number of benzene rings is 1. The maximum Gasteiger partial charge on any atom is 0.317 e. The first-order valence-electron chi connectivity index (χ1n) is 9.06. The van der Waals surface area contributed by atoms with Gasteiger partial charge in [0.25, 0.3) is 0 Å². The molecule has 1 aromatic carbocycles. The van der Waals surface area contributed by atoms with Crippen LogP contribution in [0.5, 0.6) is 0 Å². The van der Waals surface area contributed by atoms with Crippen LogP contribution in [0.15, 0.2) is 22.6 Å². The molecule has 0 bridgehead atoms. The maximum atomic E-state index is 10.9. The van der Waals surface area contributed by atoms with Gasteiger partial charge in [-0.25, -0.2) is 0 Å². The molecule has 2 heterocycles. The van der Waals surface area contributed by atoms with Crippen molar-refractivity contribution in [3.63, 3.8) is 0 Å². The maximum absolute atomic E-state index is 10.9. The van der Waals surface area contributed by atoms with E-state index < -0.39 is 5.97 Å². The summed E-state index contributed by atoms with van der Waals surface area (Å²) in [6.07, 6.45) is 3.15. The first kappa shape index (κ1) is 18.0. The quantitative estimate of drug-likeness (QED) is 0.901. The average molecular weight is 344 g/mol. The molecule has 2 aromatic rings. The molecule has 1 N–H and O–H groups in total. The number of rotatable bonds is 5. The van der Waals surface area contributed by atoms with Crippen molar-refractivity contribution in [2.75, 3.05) is 26.7 Å². The molecule has 0 spiro atoms. The fourth-order valence-electron chi connectivity index (χ4n) is 3.74. The fraction of sp³-hybridized carbons (Fsp3) is 0.550. The summed E-state index contributed by atoms with van der Waals surface area (Å²) in [6.45, 7) is 7.19.